The number of aromatic nitrogens is 1. The van der Waals surface area contributed by atoms with Crippen LogP contribution in [0, 0.1) is 0 Å². The molecule has 0 radical (unpaired) electrons. The first-order chi connectivity index (χ1) is 10.9. The third-order valence-corrected chi connectivity index (χ3v) is 4.52. The third kappa shape index (κ3) is 2.89. The molecule has 3 rings (SSSR count). The summed E-state index contributed by atoms with van der Waals surface area (Å²) < 4.78 is 6.28. The van der Waals surface area contributed by atoms with Crippen molar-refractivity contribution in [3.8, 4) is 0 Å². The summed E-state index contributed by atoms with van der Waals surface area (Å²) in [7, 11) is 0. The van der Waals surface area contributed by atoms with Crippen LogP contribution in [-0.4, -0.2) is 17.5 Å². The van der Waals surface area contributed by atoms with E-state index in [1.165, 1.54) is 10.8 Å². The summed E-state index contributed by atoms with van der Waals surface area (Å²) in [4.78, 5) is 4.89. The van der Waals surface area contributed by atoms with Crippen molar-refractivity contribution in [3.63, 3.8) is 0 Å². The van der Waals surface area contributed by atoms with Crippen LogP contribution in [0.25, 0.3) is 21.7 Å². The number of para-hydroxylation sites is 1. The summed E-state index contributed by atoms with van der Waals surface area (Å²) in [6.07, 6.45) is 0. The topological polar surface area (TPSA) is 22.1 Å². The summed E-state index contributed by atoms with van der Waals surface area (Å²) in [6.45, 7) is 12.1. The average Bonchev–Trinajstić information content (AvgIpc) is 2.53. The molecule has 0 fully saturated rings. The van der Waals surface area contributed by atoms with E-state index in [9.17, 15) is 0 Å². The highest BCUT2D eigenvalue weighted by molar-refractivity contribution is 6.68. The fraction of sp³-hybridized carbons (Fsp3) is 0.250. The highest BCUT2D eigenvalue weighted by atomic mass is 16.5. The van der Waals surface area contributed by atoms with Gasteiger partial charge in [-0.3, -0.25) is 4.98 Å². The van der Waals surface area contributed by atoms with E-state index in [1.54, 1.807) is 0 Å². The molecule has 23 heavy (non-hydrogen) atoms. The molecule has 0 bridgehead atoms. The van der Waals surface area contributed by atoms with Crippen molar-refractivity contribution in [3.05, 3.63) is 60.7 Å². The van der Waals surface area contributed by atoms with Crippen LogP contribution >= 0.6 is 0 Å². The minimum atomic E-state index is -0.381. The van der Waals surface area contributed by atoms with Crippen molar-refractivity contribution >= 4 is 34.2 Å². The van der Waals surface area contributed by atoms with Crippen molar-refractivity contribution in [2.45, 2.75) is 33.2 Å². The first-order valence-electron chi connectivity index (χ1n) is 8.01. The Kier molecular flexibility index (Phi) is 3.99. The van der Waals surface area contributed by atoms with Crippen molar-refractivity contribution in [1.82, 2.24) is 4.98 Å². The van der Waals surface area contributed by atoms with Crippen LogP contribution in [0.3, 0.4) is 0 Å². The number of rotatable bonds is 4. The number of hydrogen-bond acceptors (Lipinski definition) is 2. The van der Waals surface area contributed by atoms with Crippen LogP contribution < -0.4 is 5.59 Å². The van der Waals surface area contributed by atoms with Gasteiger partial charge in [0.25, 0.3) is 0 Å². The number of nitrogens with zero attached hydrogens (tertiary/aromatic N) is 1. The van der Waals surface area contributed by atoms with Crippen LogP contribution in [0.2, 0.25) is 6.82 Å². The molecule has 3 heteroatoms. The van der Waals surface area contributed by atoms with Gasteiger partial charge in [0, 0.05) is 11.0 Å². The van der Waals surface area contributed by atoms with Gasteiger partial charge in [0.15, 0.2) is 0 Å². The van der Waals surface area contributed by atoms with E-state index >= 15 is 0 Å². The molecule has 0 saturated heterocycles. The van der Waals surface area contributed by atoms with E-state index in [0.717, 1.165) is 22.1 Å². The Morgan fingerprint density at radius 1 is 1.00 bits per heavy atom. The summed E-state index contributed by atoms with van der Waals surface area (Å²) >= 11 is 0. The molecule has 0 N–H and O–H groups in total. The monoisotopic (exact) mass is 303 g/mol. The van der Waals surface area contributed by atoms with Crippen molar-refractivity contribution in [2.75, 3.05) is 0 Å². The van der Waals surface area contributed by atoms with Gasteiger partial charge in [-0.05, 0) is 37.6 Å². The van der Waals surface area contributed by atoms with Crippen molar-refractivity contribution < 1.29 is 4.65 Å². The molecule has 1 aromatic heterocycles. The Bertz CT molecular complexity index is 885. The number of pyridine rings is 1. The predicted molar refractivity (Wildman–Crippen MR) is 100 cm³/mol. The largest absolute Gasteiger partial charge is 0.421 e. The summed E-state index contributed by atoms with van der Waals surface area (Å²) in [5, 5.41) is 3.55. The van der Waals surface area contributed by atoms with Crippen molar-refractivity contribution in [1.29, 1.82) is 0 Å². The lowest BCUT2D eigenvalue weighted by atomic mass is 9.64. The highest BCUT2D eigenvalue weighted by Gasteiger charge is 2.27. The lowest BCUT2D eigenvalue weighted by molar-refractivity contribution is 0.153. The quantitative estimate of drug-likeness (QED) is 0.399. The lowest BCUT2D eigenvalue weighted by Gasteiger charge is -2.29. The molecule has 0 atom stereocenters. The number of benzene rings is 2. The van der Waals surface area contributed by atoms with Crippen LogP contribution in [0.1, 0.15) is 20.8 Å². The van der Waals surface area contributed by atoms with Gasteiger partial charge >= 0.3 is 6.92 Å². The van der Waals surface area contributed by atoms with E-state index < -0.39 is 0 Å². The van der Waals surface area contributed by atoms with Gasteiger partial charge in [0.05, 0.1) is 11.1 Å². The SMILES string of the molecule is C=C(C)C(C)(C)OB(C)c1nc2ccccc2c2ccccc12. The van der Waals surface area contributed by atoms with Gasteiger partial charge < -0.3 is 4.65 Å². The maximum atomic E-state index is 6.28. The second-order valence-electron chi connectivity index (χ2n) is 6.61. The Balaban J connectivity index is 2.18. The smallest absolute Gasteiger partial charge is 0.344 e. The second kappa shape index (κ2) is 5.82. The highest BCUT2D eigenvalue weighted by Crippen LogP contribution is 2.24. The number of fused-ring (bicyclic) bond motifs is 3. The molecule has 0 saturated carbocycles. The third-order valence-electron chi connectivity index (χ3n) is 4.52. The standard InChI is InChI=1S/C20H22BNO/c1-14(2)20(3,4)23-21(5)19-17-12-7-6-10-15(17)16-11-8-9-13-18(16)22-19/h6-13H,1H2,2-5H3. The van der Waals surface area contributed by atoms with Crippen LogP contribution in [0.4, 0.5) is 0 Å². The molecule has 0 unspecified atom stereocenters. The fourth-order valence-electron chi connectivity index (χ4n) is 2.84. The summed E-state index contributed by atoms with van der Waals surface area (Å²) in [6, 6.07) is 16.7. The maximum absolute atomic E-state index is 6.28. The van der Waals surface area contributed by atoms with Crippen molar-refractivity contribution in [2.24, 2.45) is 0 Å². The van der Waals surface area contributed by atoms with E-state index in [2.05, 4.69) is 69.7 Å². The van der Waals surface area contributed by atoms with Gasteiger partial charge in [-0.2, -0.15) is 0 Å². The molecule has 116 valence electrons. The first-order valence-corrected chi connectivity index (χ1v) is 8.01. The molecule has 1 heterocycles. The van der Waals surface area contributed by atoms with E-state index in [-0.39, 0.29) is 12.5 Å². The molecular formula is C20H22BNO. The molecule has 0 spiro atoms. The van der Waals surface area contributed by atoms with Gasteiger partial charge in [-0.25, -0.2) is 0 Å². The molecule has 2 aromatic carbocycles. The van der Waals surface area contributed by atoms with Gasteiger partial charge in [-0.15, -0.1) is 0 Å². The number of hydrogen-bond donors (Lipinski definition) is 0. The van der Waals surface area contributed by atoms with Crippen LogP contribution in [0.15, 0.2) is 60.7 Å². The Hall–Kier alpha value is -2.13. The molecule has 3 aromatic rings. The molecular weight excluding hydrogens is 281 g/mol. The Morgan fingerprint density at radius 3 is 2.22 bits per heavy atom. The molecule has 0 amide bonds. The zero-order valence-electron chi connectivity index (χ0n) is 14.3. The first kappa shape index (κ1) is 15.8. The van der Waals surface area contributed by atoms with E-state index in [4.69, 9.17) is 9.64 Å². The zero-order valence-corrected chi connectivity index (χ0v) is 14.3. The van der Waals surface area contributed by atoms with E-state index in [0.29, 0.717) is 0 Å². The van der Waals surface area contributed by atoms with Gasteiger partial charge in [0.1, 0.15) is 0 Å². The minimum Gasteiger partial charge on any atom is -0.421 e. The molecule has 0 aliphatic rings. The second-order valence-corrected chi connectivity index (χ2v) is 6.61. The molecule has 0 aliphatic heterocycles. The summed E-state index contributed by atoms with van der Waals surface area (Å²) in [5.41, 5.74) is 2.61. The Labute approximate surface area is 138 Å². The average molecular weight is 303 g/mol. The molecule has 2 nitrogen and oxygen atoms in total. The zero-order chi connectivity index (χ0) is 16.6. The van der Waals surface area contributed by atoms with E-state index in [1.807, 2.05) is 13.0 Å². The lowest BCUT2D eigenvalue weighted by Crippen LogP contribution is -2.41. The van der Waals surface area contributed by atoms with Crippen LogP contribution in [0.5, 0.6) is 0 Å². The molecule has 0 aliphatic carbocycles. The van der Waals surface area contributed by atoms with Gasteiger partial charge in [0.2, 0.25) is 0 Å². The van der Waals surface area contributed by atoms with Gasteiger partial charge in [-0.1, -0.05) is 61.4 Å². The normalized spacial score (nSPS) is 11.8. The van der Waals surface area contributed by atoms with Crippen LogP contribution in [-0.2, 0) is 4.65 Å². The maximum Gasteiger partial charge on any atom is 0.344 e. The summed E-state index contributed by atoms with van der Waals surface area (Å²) in [5.74, 6) is 0. The minimum absolute atomic E-state index is 0.115. The predicted octanol–water partition coefficient (Wildman–Crippen LogP) is 4.59. The Morgan fingerprint density at radius 2 is 1.57 bits per heavy atom. The fourth-order valence-corrected chi connectivity index (χ4v) is 2.84.